The smallest absolute Gasteiger partial charge is 0.217 e. The summed E-state index contributed by atoms with van der Waals surface area (Å²) in [5.41, 5.74) is 9.50. The van der Waals surface area contributed by atoms with Crippen LogP contribution in [0.4, 0.5) is 0 Å². The SMILES string of the molecule is CCCCCCc1c(CCC(N)=O)cc(C(C)(C)C)c(O)c1C(C)(C)C. The van der Waals surface area contributed by atoms with E-state index in [1.807, 2.05) is 0 Å². The second-order valence-corrected chi connectivity index (χ2v) is 9.56. The Bertz CT molecular complexity index is 619. The second kappa shape index (κ2) is 8.92. The van der Waals surface area contributed by atoms with Crippen LogP contribution in [-0.2, 0) is 28.5 Å². The molecule has 0 heterocycles. The fraction of sp³-hybridized carbons (Fsp3) is 0.696. The van der Waals surface area contributed by atoms with E-state index in [9.17, 15) is 9.90 Å². The molecule has 1 rings (SSSR count). The first-order valence-electron chi connectivity index (χ1n) is 10.1. The lowest BCUT2D eigenvalue weighted by Crippen LogP contribution is -2.21. The first kappa shape index (κ1) is 22.5. The molecular weight excluding hydrogens is 322 g/mol. The molecule has 0 aliphatic carbocycles. The van der Waals surface area contributed by atoms with Crippen LogP contribution in [0, 0.1) is 0 Å². The summed E-state index contributed by atoms with van der Waals surface area (Å²) in [6, 6.07) is 2.11. The summed E-state index contributed by atoms with van der Waals surface area (Å²) in [7, 11) is 0. The van der Waals surface area contributed by atoms with Gasteiger partial charge >= 0.3 is 0 Å². The molecule has 0 atom stereocenters. The number of phenols is 1. The van der Waals surface area contributed by atoms with Crippen molar-refractivity contribution >= 4 is 5.91 Å². The van der Waals surface area contributed by atoms with Gasteiger partial charge in [-0.2, -0.15) is 0 Å². The quantitative estimate of drug-likeness (QED) is 0.598. The highest BCUT2D eigenvalue weighted by molar-refractivity contribution is 5.74. The molecule has 3 heteroatoms. The van der Waals surface area contributed by atoms with E-state index in [1.54, 1.807) is 0 Å². The molecule has 148 valence electrons. The number of hydrogen-bond acceptors (Lipinski definition) is 2. The summed E-state index contributed by atoms with van der Waals surface area (Å²) < 4.78 is 0. The minimum Gasteiger partial charge on any atom is -0.507 e. The second-order valence-electron chi connectivity index (χ2n) is 9.56. The minimum atomic E-state index is -0.273. The molecule has 0 spiro atoms. The predicted molar refractivity (Wildman–Crippen MR) is 111 cm³/mol. The first-order chi connectivity index (χ1) is 11.9. The summed E-state index contributed by atoms with van der Waals surface area (Å²) >= 11 is 0. The monoisotopic (exact) mass is 361 g/mol. The number of hydrogen-bond donors (Lipinski definition) is 2. The molecule has 0 saturated heterocycles. The minimum absolute atomic E-state index is 0.160. The molecule has 1 aromatic carbocycles. The lowest BCUT2D eigenvalue weighted by Gasteiger charge is -2.31. The maximum Gasteiger partial charge on any atom is 0.217 e. The van der Waals surface area contributed by atoms with Crippen molar-refractivity contribution in [2.45, 2.75) is 104 Å². The van der Waals surface area contributed by atoms with Crippen LogP contribution in [-0.4, -0.2) is 11.0 Å². The average molecular weight is 362 g/mol. The number of phenolic OH excluding ortho intramolecular Hbond substituents is 1. The van der Waals surface area contributed by atoms with Gasteiger partial charge in [-0.3, -0.25) is 4.79 Å². The summed E-state index contributed by atoms with van der Waals surface area (Å²) in [5, 5.41) is 11.2. The van der Waals surface area contributed by atoms with Crippen LogP contribution in [0.25, 0.3) is 0 Å². The Hall–Kier alpha value is -1.51. The number of unbranched alkanes of at least 4 members (excludes halogenated alkanes) is 3. The highest BCUT2D eigenvalue weighted by atomic mass is 16.3. The molecule has 0 aliphatic rings. The molecule has 0 saturated carbocycles. The molecular formula is C23H39NO2. The van der Waals surface area contributed by atoms with E-state index in [0.29, 0.717) is 18.6 Å². The van der Waals surface area contributed by atoms with Crippen LogP contribution in [0.2, 0.25) is 0 Å². The Morgan fingerprint density at radius 2 is 1.62 bits per heavy atom. The van der Waals surface area contributed by atoms with Gasteiger partial charge in [0.25, 0.3) is 0 Å². The number of rotatable bonds is 8. The fourth-order valence-electron chi connectivity index (χ4n) is 3.64. The molecule has 26 heavy (non-hydrogen) atoms. The van der Waals surface area contributed by atoms with Crippen LogP contribution in [0.15, 0.2) is 6.07 Å². The molecule has 0 aliphatic heterocycles. The van der Waals surface area contributed by atoms with Gasteiger partial charge in [-0.15, -0.1) is 0 Å². The highest BCUT2D eigenvalue weighted by Gasteiger charge is 2.30. The Morgan fingerprint density at radius 1 is 1.00 bits per heavy atom. The van der Waals surface area contributed by atoms with Gasteiger partial charge < -0.3 is 10.8 Å². The topological polar surface area (TPSA) is 63.3 Å². The lowest BCUT2D eigenvalue weighted by molar-refractivity contribution is -0.117. The third kappa shape index (κ3) is 6.03. The van der Waals surface area contributed by atoms with Crippen LogP contribution >= 0.6 is 0 Å². The first-order valence-corrected chi connectivity index (χ1v) is 10.1. The molecule has 0 fully saturated rings. The van der Waals surface area contributed by atoms with E-state index < -0.39 is 0 Å². The van der Waals surface area contributed by atoms with E-state index in [0.717, 1.165) is 24.0 Å². The van der Waals surface area contributed by atoms with Crippen molar-refractivity contribution in [1.82, 2.24) is 0 Å². The number of amides is 1. The van der Waals surface area contributed by atoms with Crippen molar-refractivity contribution in [3.8, 4) is 5.75 Å². The Balaban J connectivity index is 3.52. The van der Waals surface area contributed by atoms with E-state index in [2.05, 4.69) is 54.5 Å². The number of primary amides is 1. The summed E-state index contributed by atoms with van der Waals surface area (Å²) in [5.74, 6) is 0.156. The zero-order valence-electron chi connectivity index (χ0n) is 18.0. The van der Waals surface area contributed by atoms with E-state index >= 15 is 0 Å². The van der Waals surface area contributed by atoms with Gasteiger partial charge in [0.2, 0.25) is 5.91 Å². The molecule has 1 aromatic rings. The van der Waals surface area contributed by atoms with Crippen LogP contribution in [0.5, 0.6) is 5.75 Å². The molecule has 3 N–H and O–H groups in total. The Morgan fingerprint density at radius 3 is 2.08 bits per heavy atom. The van der Waals surface area contributed by atoms with Crippen molar-refractivity contribution in [3.63, 3.8) is 0 Å². The standard InChI is InChI=1S/C23H39NO2/c1-8-9-10-11-12-17-16(13-14-19(24)25)15-18(22(2,3)4)21(26)20(17)23(5,6)7/h15,26H,8-14H2,1-7H3,(H2,24,25). The Kier molecular flexibility index (Phi) is 7.73. The van der Waals surface area contributed by atoms with E-state index in [-0.39, 0.29) is 16.7 Å². The zero-order valence-corrected chi connectivity index (χ0v) is 18.0. The average Bonchev–Trinajstić information content (AvgIpc) is 2.47. The number of carbonyl (C=O) groups is 1. The van der Waals surface area contributed by atoms with E-state index in [1.165, 1.54) is 30.4 Å². The van der Waals surface area contributed by atoms with Crippen LogP contribution < -0.4 is 5.73 Å². The number of carbonyl (C=O) groups excluding carboxylic acids is 1. The summed E-state index contributed by atoms with van der Waals surface area (Å²) in [4.78, 5) is 11.4. The molecule has 0 bridgehead atoms. The van der Waals surface area contributed by atoms with Crippen molar-refractivity contribution in [3.05, 3.63) is 28.3 Å². The van der Waals surface area contributed by atoms with Gasteiger partial charge in [0, 0.05) is 12.0 Å². The largest absolute Gasteiger partial charge is 0.507 e. The van der Waals surface area contributed by atoms with Crippen LogP contribution in [0.1, 0.15) is 103 Å². The van der Waals surface area contributed by atoms with Crippen molar-refractivity contribution in [2.75, 3.05) is 0 Å². The molecule has 0 unspecified atom stereocenters. The van der Waals surface area contributed by atoms with Gasteiger partial charge in [0.1, 0.15) is 5.75 Å². The van der Waals surface area contributed by atoms with Gasteiger partial charge in [0.15, 0.2) is 0 Å². The summed E-state index contributed by atoms with van der Waals surface area (Å²) in [6.07, 6.45) is 6.66. The van der Waals surface area contributed by atoms with Crippen molar-refractivity contribution in [1.29, 1.82) is 0 Å². The van der Waals surface area contributed by atoms with Gasteiger partial charge in [-0.05, 0) is 46.8 Å². The zero-order chi connectivity index (χ0) is 20.1. The van der Waals surface area contributed by atoms with Gasteiger partial charge in [-0.1, -0.05) is 73.8 Å². The van der Waals surface area contributed by atoms with Crippen LogP contribution in [0.3, 0.4) is 0 Å². The third-order valence-corrected chi connectivity index (χ3v) is 4.98. The lowest BCUT2D eigenvalue weighted by atomic mass is 9.74. The molecule has 1 amide bonds. The molecule has 3 nitrogen and oxygen atoms in total. The molecule has 0 aromatic heterocycles. The maximum atomic E-state index is 11.4. The fourth-order valence-corrected chi connectivity index (χ4v) is 3.64. The van der Waals surface area contributed by atoms with E-state index in [4.69, 9.17) is 5.73 Å². The predicted octanol–water partition coefficient (Wildman–Crippen LogP) is 5.53. The number of benzene rings is 1. The number of aryl methyl sites for hydroxylation is 1. The van der Waals surface area contributed by atoms with Crippen molar-refractivity contribution < 1.29 is 9.90 Å². The third-order valence-electron chi connectivity index (χ3n) is 4.98. The van der Waals surface area contributed by atoms with Gasteiger partial charge in [-0.25, -0.2) is 0 Å². The Labute approximate surface area is 160 Å². The maximum absolute atomic E-state index is 11.4. The summed E-state index contributed by atoms with van der Waals surface area (Å²) in [6.45, 7) is 15.0. The normalized spacial score (nSPS) is 12.4. The highest BCUT2D eigenvalue weighted by Crippen LogP contribution is 2.43. The number of aromatic hydroxyl groups is 1. The van der Waals surface area contributed by atoms with Gasteiger partial charge in [0.05, 0.1) is 0 Å². The van der Waals surface area contributed by atoms with Crippen molar-refractivity contribution in [2.24, 2.45) is 5.73 Å². The number of nitrogens with two attached hydrogens (primary N) is 1. The molecule has 0 radical (unpaired) electrons.